The average Bonchev–Trinajstić information content (AvgIpc) is 2.95. The van der Waals surface area contributed by atoms with Crippen molar-refractivity contribution in [1.82, 2.24) is 5.32 Å². The zero-order valence-corrected chi connectivity index (χ0v) is 23.3. The van der Waals surface area contributed by atoms with Gasteiger partial charge in [0.05, 0.1) is 18.4 Å². The fraction of sp³-hybridized carbons (Fsp3) is 0.310. The second kappa shape index (κ2) is 13.3. The molecule has 8 nitrogen and oxygen atoms in total. The van der Waals surface area contributed by atoms with Crippen LogP contribution in [0.1, 0.15) is 27.1 Å². The van der Waals surface area contributed by atoms with Gasteiger partial charge in [-0.15, -0.1) is 0 Å². The van der Waals surface area contributed by atoms with E-state index in [0.717, 1.165) is 47.8 Å². The van der Waals surface area contributed by atoms with E-state index in [1.807, 2.05) is 42.5 Å². The normalized spacial score (nSPS) is 13.2. The number of nitrogens with one attached hydrogen (secondary N) is 2. The fourth-order valence-corrected chi connectivity index (χ4v) is 4.90. The van der Waals surface area contributed by atoms with E-state index in [-0.39, 0.29) is 11.8 Å². The lowest BCUT2D eigenvalue weighted by Gasteiger charge is -2.38. The van der Waals surface area contributed by atoms with Crippen molar-refractivity contribution in [1.29, 1.82) is 0 Å². The van der Waals surface area contributed by atoms with E-state index in [9.17, 15) is 9.59 Å². The minimum Gasteiger partial charge on any atom is -0.495 e. The minimum atomic E-state index is -0.240. The number of para-hydroxylation sites is 2. The van der Waals surface area contributed by atoms with Crippen molar-refractivity contribution in [3.05, 3.63) is 82.3 Å². The van der Waals surface area contributed by atoms with Crippen molar-refractivity contribution in [2.75, 3.05) is 68.7 Å². The summed E-state index contributed by atoms with van der Waals surface area (Å²) in [6.45, 7) is 4.13. The molecular weight excluding hydrogens is 548 g/mol. The molecule has 200 valence electrons. The van der Waals surface area contributed by atoms with Crippen LogP contribution in [0.4, 0.5) is 17.1 Å². The lowest BCUT2D eigenvalue weighted by Crippen LogP contribution is -2.47. The maximum absolute atomic E-state index is 13.3. The number of nitrogens with zero attached hydrogens (tertiary/aromatic N) is 2. The smallest absolute Gasteiger partial charge is 0.255 e. The molecule has 0 saturated carbocycles. The summed E-state index contributed by atoms with van der Waals surface area (Å²) in [5.74, 6) is 0.431. The second-order valence-corrected chi connectivity index (χ2v) is 9.86. The van der Waals surface area contributed by atoms with Crippen LogP contribution in [0.25, 0.3) is 0 Å². The Bertz CT molecular complexity index is 1260. The van der Waals surface area contributed by atoms with Crippen LogP contribution < -0.4 is 25.2 Å². The Labute approximate surface area is 232 Å². The number of amides is 2. The maximum atomic E-state index is 13.3. The molecule has 1 aliphatic heterocycles. The Morgan fingerprint density at radius 1 is 0.868 bits per heavy atom. The van der Waals surface area contributed by atoms with Gasteiger partial charge in [-0.3, -0.25) is 9.59 Å². The number of carbonyl (C=O) groups is 2. The molecule has 0 radical (unpaired) electrons. The SMILES string of the molecule is COCCCNC(=O)c1cc(NC(=O)c2cccc(Br)c2)ccc1N1CCN(c2ccccc2OC)CC1. The van der Waals surface area contributed by atoms with E-state index in [1.54, 1.807) is 32.4 Å². The van der Waals surface area contributed by atoms with Crippen LogP contribution in [0.15, 0.2) is 71.2 Å². The molecule has 38 heavy (non-hydrogen) atoms. The molecule has 2 N–H and O–H groups in total. The van der Waals surface area contributed by atoms with E-state index in [0.29, 0.717) is 36.4 Å². The number of anilines is 3. The van der Waals surface area contributed by atoms with Gasteiger partial charge in [0.2, 0.25) is 0 Å². The van der Waals surface area contributed by atoms with Gasteiger partial charge in [0.25, 0.3) is 11.8 Å². The fourth-order valence-electron chi connectivity index (χ4n) is 4.50. The summed E-state index contributed by atoms with van der Waals surface area (Å²) < 4.78 is 11.5. The van der Waals surface area contributed by atoms with Crippen LogP contribution >= 0.6 is 15.9 Å². The van der Waals surface area contributed by atoms with Crippen molar-refractivity contribution in [3.8, 4) is 5.75 Å². The van der Waals surface area contributed by atoms with Crippen LogP contribution in [0.5, 0.6) is 5.75 Å². The first kappa shape index (κ1) is 27.5. The van der Waals surface area contributed by atoms with Crippen molar-refractivity contribution in [2.45, 2.75) is 6.42 Å². The van der Waals surface area contributed by atoms with Gasteiger partial charge in [0, 0.05) is 67.9 Å². The van der Waals surface area contributed by atoms with Gasteiger partial charge in [-0.2, -0.15) is 0 Å². The molecule has 1 fully saturated rings. The first-order chi connectivity index (χ1) is 18.5. The standard InChI is InChI=1S/C29H33BrN4O4/c1-37-18-6-13-31-29(36)24-20-23(32-28(35)21-7-5-8-22(30)19-21)11-12-25(24)33-14-16-34(17-15-33)26-9-3-4-10-27(26)38-2/h3-5,7-12,19-20H,6,13-18H2,1-2H3,(H,31,36)(H,32,35). The molecule has 0 spiro atoms. The number of hydrogen-bond acceptors (Lipinski definition) is 6. The molecule has 9 heteroatoms. The molecule has 4 rings (SSSR count). The van der Waals surface area contributed by atoms with E-state index in [2.05, 4.69) is 42.4 Å². The summed E-state index contributed by atoms with van der Waals surface area (Å²) in [7, 11) is 3.32. The largest absolute Gasteiger partial charge is 0.495 e. The summed E-state index contributed by atoms with van der Waals surface area (Å²) in [5, 5.41) is 5.92. The minimum absolute atomic E-state index is 0.179. The van der Waals surface area contributed by atoms with Crippen LogP contribution in [-0.4, -0.2) is 65.4 Å². The Balaban J connectivity index is 1.53. The number of methoxy groups -OCH3 is 2. The van der Waals surface area contributed by atoms with Crippen LogP contribution in [-0.2, 0) is 4.74 Å². The lowest BCUT2D eigenvalue weighted by atomic mass is 10.1. The summed E-state index contributed by atoms with van der Waals surface area (Å²) in [6, 6.07) is 20.7. The first-order valence-electron chi connectivity index (χ1n) is 12.6. The number of rotatable bonds is 10. The third-order valence-corrected chi connectivity index (χ3v) is 6.94. The van der Waals surface area contributed by atoms with Crippen LogP contribution in [0.3, 0.4) is 0 Å². The summed E-state index contributed by atoms with van der Waals surface area (Å²) in [4.78, 5) is 30.6. The lowest BCUT2D eigenvalue weighted by molar-refractivity contribution is 0.0947. The van der Waals surface area contributed by atoms with Crippen molar-refractivity contribution < 1.29 is 19.1 Å². The van der Waals surface area contributed by atoms with Crippen LogP contribution in [0.2, 0.25) is 0 Å². The van der Waals surface area contributed by atoms with E-state index < -0.39 is 0 Å². The Kier molecular flexibility index (Phi) is 9.62. The predicted molar refractivity (Wildman–Crippen MR) is 155 cm³/mol. The van der Waals surface area contributed by atoms with Gasteiger partial charge in [-0.05, 0) is 55.0 Å². The zero-order valence-electron chi connectivity index (χ0n) is 21.7. The Hall–Kier alpha value is -3.56. The molecule has 0 atom stereocenters. The molecule has 0 unspecified atom stereocenters. The Morgan fingerprint density at radius 2 is 1.61 bits per heavy atom. The first-order valence-corrected chi connectivity index (χ1v) is 13.4. The van der Waals surface area contributed by atoms with E-state index >= 15 is 0 Å². The molecule has 2 amide bonds. The zero-order chi connectivity index (χ0) is 26.9. The van der Waals surface area contributed by atoms with Gasteiger partial charge in [0.15, 0.2) is 0 Å². The number of benzene rings is 3. The number of halogens is 1. The molecule has 3 aromatic rings. The highest BCUT2D eigenvalue weighted by Crippen LogP contribution is 2.31. The van der Waals surface area contributed by atoms with Gasteiger partial charge in [-0.25, -0.2) is 0 Å². The molecular formula is C29H33BrN4O4. The van der Waals surface area contributed by atoms with Gasteiger partial charge in [0.1, 0.15) is 5.75 Å². The second-order valence-electron chi connectivity index (χ2n) is 8.94. The Morgan fingerprint density at radius 3 is 2.32 bits per heavy atom. The summed E-state index contributed by atoms with van der Waals surface area (Å²) in [6.07, 6.45) is 0.717. The molecule has 1 aliphatic rings. The van der Waals surface area contributed by atoms with Crippen LogP contribution in [0, 0.1) is 0 Å². The molecule has 0 aromatic heterocycles. The third-order valence-electron chi connectivity index (χ3n) is 6.44. The summed E-state index contributed by atoms with van der Waals surface area (Å²) >= 11 is 3.40. The topological polar surface area (TPSA) is 83.1 Å². The van der Waals surface area contributed by atoms with Gasteiger partial charge >= 0.3 is 0 Å². The molecule has 3 aromatic carbocycles. The molecule has 0 bridgehead atoms. The molecule has 0 aliphatic carbocycles. The average molecular weight is 582 g/mol. The molecule has 1 saturated heterocycles. The van der Waals surface area contributed by atoms with Gasteiger partial charge in [-0.1, -0.05) is 34.1 Å². The number of hydrogen-bond donors (Lipinski definition) is 2. The third kappa shape index (κ3) is 6.85. The predicted octanol–water partition coefficient (Wildman–Crippen LogP) is 4.80. The van der Waals surface area contributed by atoms with Crippen molar-refractivity contribution in [3.63, 3.8) is 0 Å². The number of carbonyl (C=O) groups excluding carboxylic acids is 2. The number of piperazine rings is 1. The summed E-state index contributed by atoms with van der Waals surface area (Å²) in [5.41, 5.74) is 3.53. The quantitative estimate of drug-likeness (QED) is 0.335. The van der Waals surface area contributed by atoms with Crippen molar-refractivity contribution >= 4 is 44.8 Å². The highest BCUT2D eigenvalue weighted by Gasteiger charge is 2.24. The van der Waals surface area contributed by atoms with E-state index in [4.69, 9.17) is 9.47 Å². The van der Waals surface area contributed by atoms with E-state index in [1.165, 1.54) is 0 Å². The highest BCUT2D eigenvalue weighted by atomic mass is 79.9. The molecule has 1 heterocycles. The number of ether oxygens (including phenoxy) is 2. The van der Waals surface area contributed by atoms with Gasteiger partial charge < -0.3 is 29.9 Å². The van der Waals surface area contributed by atoms with Crippen molar-refractivity contribution in [2.24, 2.45) is 0 Å². The monoisotopic (exact) mass is 580 g/mol. The highest BCUT2D eigenvalue weighted by molar-refractivity contribution is 9.10. The maximum Gasteiger partial charge on any atom is 0.255 e.